The van der Waals surface area contributed by atoms with Crippen molar-refractivity contribution in [3.8, 4) is 0 Å². The molecular formula is C46H61N4O13S3+. The van der Waals surface area contributed by atoms with Gasteiger partial charge >= 0.3 is 5.97 Å². The van der Waals surface area contributed by atoms with Crippen LogP contribution >= 0.6 is 0 Å². The highest BCUT2D eigenvalue weighted by molar-refractivity contribution is 7.86. The molecular weight excluding hydrogens is 913 g/mol. The second-order valence-corrected chi connectivity index (χ2v) is 22.8. The zero-order valence-corrected chi connectivity index (χ0v) is 40.1. The number of amides is 2. The van der Waals surface area contributed by atoms with Crippen molar-refractivity contribution in [1.82, 2.24) is 10.6 Å². The van der Waals surface area contributed by atoms with Crippen molar-refractivity contribution in [3.63, 3.8) is 0 Å². The van der Waals surface area contributed by atoms with Gasteiger partial charge in [0.25, 0.3) is 30.4 Å². The molecule has 0 saturated heterocycles. The summed E-state index contributed by atoms with van der Waals surface area (Å²) in [6.07, 6.45) is 10.3. The Hall–Kier alpha value is -4.99. The van der Waals surface area contributed by atoms with Gasteiger partial charge in [-0.15, -0.1) is 0 Å². The highest BCUT2D eigenvalue weighted by Gasteiger charge is 2.49. The first-order chi connectivity index (χ1) is 30.7. The maximum absolute atomic E-state index is 14.6. The van der Waals surface area contributed by atoms with Gasteiger partial charge in [0.05, 0.1) is 22.7 Å². The summed E-state index contributed by atoms with van der Waals surface area (Å²) in [6, 6.07) is 15.3. The van der Waals surface area contributed by atoms with Crippen molar-refractivity contribution in [1.29, 1.82) is 0 Å². The van der Waals surface area contributed by atoms with E-state index in [1.54, 1.807) is 12.2 Å². The average molecular weight is 974 g/mol. The van der Waals surface area contributed by atoms with Gasteiger partial charge in [0.1, 0.15) is 12.0 Å². The van der Waals surface area contributed by atoms with Crippen molar-refractivity contribution in [2.24, 2.45) is 5.41 Å². The summed E-state index contributed by atoms with van der Waals surface area (Å²) < 4.78 is 101. The summed E-state index contributed by atoms with van der Waals surface area (Å²) in [6.45, 7) is 8.17. The van der Waals surface area contributed by atoms with Gasteiger partial charge in [-0.1, -0.05) is 74.9 Å². The summed E-state index contributed by atoms with van der Waals surface area (Å²) in [4.78, 5) is 42.2. The second kappa shape index (κ2) is 20.9. The minimum Gasteiger partial charge on any atom is -0.481 e. The van der Waals surface area contributed by atoms with Crippen molar-refractivity contribution < 1.29 is 63.0 Å². The highest BCUT2D eigenvalue weighted by atomic mass is 32.2. The molecule has 20 heteroatoms. The number of carbonyl (C=O) groups is 3. The standard InChI is InChI=1S/C46H60N4O13S3/c1-44(2)35-14-7-9-16-37(35)49(25-12-27-64(55,56)57)39(44)21-19-33-30-34(20-22-40-45(3,4)36-15-8-10-17-38(36)50(40)26-13-28-65(58,59)60)32-46(31-33,43(54)48-24-29-66(61,62)63)42(53)47-23-11-5-6-18-41(51)52/h7-10,14-17,19-22,30H,5-6,11-13,18,23-29,31-32H2,1-4H3,(H5-,47,48,51,52,53,54,55,56,57,58,59,60,61,62,63)/p+1. The molecule has 3 aliphatic rings. The molecule has 360 valence electrons. The van der Waals surface area contributed by atoms with Crippen molar-refractivity contribution in [3.05, 3.63) is 107 Å². The number of allylic oxidation sites excluding steroid dienone is 8. The van der Waals surface area contributed by atoms with Crippen LogP contribution in [0.25, 0.3) is 0 Å². The lowest BCUT2D eigenvalue weighted by molar-refractivity contribution is -0.437. The number of rotatable bonds is 22. The van der Waals surface area contributed by atoms with E-state index in [-0.39, 0.29) is 51.7 Å². The Morgan fingerprint density at radius 2 is 1.30 bits per heavy atom. The lowest BCUT2D eigenvalue weighted by Crippen LogP contribution is -2.53. The second-order valence-electron chi connectivity index (χ2n) is 18.0. The topological polar surface area (TPSA) is 265 Å². The summed E-state index contributed by atoms with van der Waals surface area (Å²) in [7, 11) is -13.0. The van der Waals surface area contributed by atoms with Crippen LogP contribution in [-0.2, 0) is 55.6 Å². The first-order valence-electron chi connectivity index (χ1n) is 21.8. The molecule has 17 nitrogen and oxygen atoms in total. The predicted octanol–water partition coefficient (Wildman–Crippen LogP) is 5.25. The molecule has 2 aromatic carbocycles. The first kappa shape index (κ1) is 52.0. The number of nitrogens with zero attached hydrogens (tertiary/aromatic N) is 2. The van der Waals surface area contributed by atoms with E-state index in [4.69, 9.17) is 5.11 Å². The Balaban J connectivity index is 1.64. The Morgan fingerprint density at radius 3 is 1.95 bits per heavy atom. The molecule has 1 atom stereocenters. The summed E-state index contributed by atoms with van der Waals surface area (Å²) in [5.74, 6) is -4.11. The number of anilines is 1. The van der Waals surface area contributed by atoms with Gasteiger partial charge in [-0.25, -0.2) is 0 Å². The summed E-state index contributed by atoms with van der Waals surface area (Å²) in [5.41, 5.74) is 3.18. The van der Waals surface area contributed by atoms with Crippen LogP contribution < -0.4 is 15.5 Å². The number of fused-ring (bicyclic) bond motifs is 2. The molecule has 2 heterocycles. The maximum atomic E-state index is 14.6. The number of hydrogen-bond acceptors (Lipinski definition) is 10. The molecule has 2 amide bonds. The van der Waals surface area contributed by atoms with Crippen LogP contribution in [-0.4, -0.2) is 116 Å². The summed E-state index contributed by atoms with van der Waals surface area (Å²) in [5, 5.41) is 14.5. The van der Waals surface area contributed by atoms with Gasteiger partial charge in [0, 0.05) is 67.0 Å². The molecule has 66 heavy (non-hydrogen) atoms. The molecule has 0 aromatic heterocycles. The molecule has 0 saturated carbocycles. The third-order valence-electron chi connectivity index (χ3n) is 12.3. The van der Waals surface area contributed by atoms with E-state index < -0.39 is 88.2 Å². The Bertz CT molecular complexity index is 2700. The van der Waals surface area contributed by atoms with Crippen LogP contribution in [0.5, 0.6) is 0 Å². The van der Waals surface area contributed by atoms with Crippen LogP contribution in [0, 0.1) is 5.41 Å². The molecule has 0 radical (unpaired) electrons. The molecule has 2 aliphatic heterocycles. The van der Waals surface area contributed by atoms with Gasteiger partial charge < -0.3 is 20.6 Å². The molecule has 6 N–H and O–H groups in total. The van der Waals surface area contributed by atoms with Gasteiger partial charge in [-0.05, 0) is 74.8 Å². The van der Waals surface area contributed by atoms with E-state index in [0.717, 1.165) is 33.9 Å². The normalized spacial score (nSPS) is 20.4. The van der Waals surface area contributed by atoms with Crippen LogP contribution in [0.15, 0.2) is 95.8 Å². The number of unbranched alkanes of at least 4 members (excludes halogenated alkanes) is 2. The number of carboxylic acid groups (broad SMARTS) is 1. The molecule has 5 rings (SSSR count). The largest absolute Gasteiger partial charge is 0.481 e. The van der Waals surface area contributed by atoms with Crippen LogP contribution in [0.3, 0.4) is 0 Å². The van der Waals surface area contributed by atoms with E-state index >= 15 is 0 Å². The van der Waals surface area contributed by atoms with E-state index in [0.29, 0.717) is 30.4 Å². The number of carboxylic acids is 1. The van der Waals surface area contributed by atoms with Crippen molar-refractivity contribution in [2.45, 2.75) is 89.9 Å². The quantitative estimate of drug-likeness (QED) is 0.0381. The SMILES string of the molecule is CC1(C)C(/C=C/C2=CC(=C/C=C3/N(CCCS(=O)(=O)O)c4ccccc4C3(C)C)/CC(C(=O)NCCCCCC(=O)O)(C(=O)NCCS(=O)(=O)O)C2)=[N+](CCCS(=O)(=O)O)c2ccccc21. The third kappa shape index (κ3) is 13.1. The lowest BCUT2D eigenvalue weighted by Gasteiger charge is -2.35. The third-order valence-corrected chi connectivity index (χ3v) is 14.7. The molecule has 0 fully saturated rings. The van der Waals surface area contributed by atoms with E-state index in [2.05, 4.69) is 10.6 Å². The number of nitrogens with one attached hydrogen (secondary N) is 2. The molecule has 0 spiro atoms. The number of benzene rings is 2. The van der Waals surface area contributed by atoms with Gasteiger partial charge in [0.2, 0.25) is 17.5 Å². The van der Waals surface area contributed by atoms with Crippen molar-refractivity contribution >= 4 is 65.2 Å². The van der Waals surface area contributed by atoms with Gasteiger partial charge in [-0.2, -0.15) is 29.8 Å². The number of aliphatic carboxylic acids is 1. The predicted molar refractivity (Wildman–Crippen MR) is 252 cm³/mol. The average Bonchev–Trinajstić information content (AvgIpc) is 3.56. The Kier molecular flexibility index (Phi) is 16.5. The number of para-hydroxylation sites is 2. The van der Waals surface area contributed by atoms with Crippen LogP contribution in [0.4, 0.5) is 11.4 Å². The number of carbonyl (C=O) groups excluding carboxylic acids is 2. The highest BCUT2D eigenvalue weighted by Crippen LogP contribution is 2.48. The Morgan fingerprint density at radius 1 is 0.697 bits per heavy atom. The first-order valence-corrected chi connectivity index (χ1v) is 26.6. The van der Waals surface area contributed by atoms with Crippen molar-refractivity contribution in [2.75, 3.05) is 48.3 Å². The monoisotopic (exact) mass is 973 g/mol. The fraction of sp³-hybridized carbons (Fsp3) is 0.478. The van der Waals surface area contributed by atoms with E-state index in [1.165, 1.54) is 0 Å². The molecule has 0 bridgehead atoms. The minimum atomic E-state index is -4.49. The molecule has 1 unspecified atom stereocenters. The fourth-order valence-electron chi connectivity index (χ4n) is 9.10. The molecule has 2 aromatic rings. The number of hydrogen-bond donors (Lipinski definition) is 6. The van der Waals surface area contributed by atoms with E-state index in [1.807, 2.05) is 104 Å². The smallest absolute Gasteiger partial charge is 0.303 e. The van der Waals surface area contributed by atoms with E-state index in [9.17, 15) is 53.3 Å². The Labute approximate surface area is 387 Å². The minimum absolute atomic E-state index is 0.0447. The lowest BCUT2D eigenvalue weighted by atomic mass is 9.70. The molecule has 1 aliphatic carbocycles. The van der Waals surface area contributed by atoms with Gasteiger partial charge in [0.15, 0.2) is 5.71 Å². The zero-order valence-electron chi connectivity index (χ0n) is 37.7. The fourth-order valence-corrected chi connectivity index (χ4v) is 10.4. The maximum Gasteiger partial charge on any atom is 0.303 e. The van der Waals surface area contributed by atoms with Crippen LogP contribution in [0.2, 0.25) is 0 Å². The van der Waals surface area contributed by atoms with Gasteiger partial charge in [-0.3, -0.25) is 28.0 Å². The van der Waals surface area contributed by atoms with Crippen LogP contribution in [0.1, 0.15) is 90.2 Å². The summed E-state index contributed by atoms with van der Waals surface area (Å²) >= 11 is 0. The zero-order chi connectivity index (χ0) is 48.7.